The maximum atomic E-state index is 12.9. The largest absolute Gasteiger partial charge is 0.493 e. The normalized spacial score (nSPS) is 11.8. The summed E-state index contributed by atoms with van der Waals surface area (Å²) in [7, 11) is 3.20. The quantitative estimate of drug-likeness (QED) is 0.491. The zero-order valence-electron chi connectivity index (χ0n) is 18.6. The van der Waals surface area contributed by atoms with Crippen molar-refractivity contribution in [3.05, 3.63) is 59.1 Å². The number of nitrogens with one attached hydrogen (secondary N) is 2. The van der Waals surface area contributed by atoms with Gasteiger partial charge in [-0.2, -0.15) is 0 Å². The zero-order chi connectivity index (χ0) is 22.4. The van der Waals surface area contributed by atoms with E-state index < -0.39 is 0 Å². The van der Waals surface area contributed by atoms with Crippen molar-refractivity contribution in [2.24, 2.45) is 5.92 Å². The predicted octanol–water partition coefficient (Wildman–Crippen LogP) is 5.00. The van der Waals surface area contributed by atoms with Crippen molar-refractivity contribution in [3.63, 3.8) is 0 Å². The zero-order valence-corrected chi connectivity index (χ0v) is 19.4. The van der Waals surface area contributed by atoms with Gasteiger partial charge in [0.25, 0.3) is 5.91 Å². The van der Waals surface area contributed by atoms with Crippen molar-refractivity contribution in [1.82, 2.24) is 10.3 Å². The first-order chi connectivity index (χ1) is 14.9. The Balaban J connectivity index is 1.71. The number of rotatable bonds is 9. The van der Waals surface area contributed by atoms with Gasteiger partial charge >= 0.3 is 0 Å². The van der Waals surface area contributed by atoms with Gasteiger partial charge in [-0.1, -0.05) is 32.0 Å². The van der Waals surface area contributed by atoms with E-state index in [9.17, 15) is 4.79 Å². The lowest BCUT2D eigenvalue weighted by atomic mass is 10.0. The molecule has 0 aliphatic rings. The van der Waals surface area contributed by atoms with Gasteiger partial charge in [-0.15, -0.1) is 11.3 Å². The Morgan fingerprint density at radius 3 is 2.42 bits per heavy atom. The molecule has 2 N–H and O–H groups in total. The molecule has 3 aromatic rings. The number of methoxy groups -OCH3 is 2. The molecule has 0 fully saturated rings. The number of aryl methyl sites for hydroxylation is 1. The van der Waals surface area contributed by atoms with E-state index in [0.717, 1.165) is 16.3 Å². The van der Waals surface area contributed by atoms with E-state index in [4.69, 9.17) is 9.47 Å². The maximum absolute atomic E-state index is 12.9. The molecule has 6 nitrogen and oxygen atoms in total. The monoisotopic (exact) mass is 439 g/mol. The molecule has 3 rings (SSSR count). The summed E-state index contributed by atoms with van der Waals surface area (Å²) in [5, 5.41) is 7.34. The highest BCUT2D eigenvalue weighted by Gasteiger charge is 2.20. The fourth-order valence-electron chi connectivity index (χ4n) is 3.18. The number of benzene rings is 2. The van der Waals surface area contributed by atoms with Gasteiger partial charge in [0.05, 0.1) is 19.9 Å². The van der Waals surface area contributed by atoms with Crippen molar-refractivity contribution in [2.45, 2.75) is 26.8 Å². The molecule has 7 heteroatoms. The first-order valence-corrected chi connectivity index (χ1v) is 11.0. The topological polar surface area (TPSA) is 72.5 Å². The molecule has 0 saturated heterocycles. The van der Waals surface area contributed by atoms with Crippen LogP contribution in [0.3, 0.4) is 0 Å². The number of carbonyl (C=O) groups is 1. The first-order valence-electron chi connectivity index (χ1n) is 10.2. The van der Waals surface area contributed by atoms with Crippen LogP contribution in [0.2, 0.25) is 0 Å². The minimum atomic E-state index is -0.109. The maximum Gasteiger partial charge on any atom is 0.263 e. The Labute approximate surface area is 187 Å². The summed E-state index contributed by atoms with van der Waals surface area (Å²) >= 11 is 1.38. The number of nitrogens with zero attached hydrogens (tertiary/aromatic N) is 1. The molecule has 1 amide bonds. The first kappa shape index (κ1) is 22.6. The predicted molar refractivity (Wildman–Crippen MR) is 126 cm³/mol. The second-order valence-corrected chi connectivity index (χ2v) is 8.57. The van der Waals surface area contributed by atoms with E-state index in [-0.39, 0.29) is 11.9 Å². The third-order valence-corrected chi connectivity index (χ3v) is 6.25. The number of ether oxygens (including phenoxy) is 2. The summed E-state index contributed by atoms with van der Waals surface area (Å²) in [6.07, 6.45) is 0. The second-order valence-electron chi connectivity index (χ2n) is 7.57. The Bertz CT molecular complexity index is 1020. The molecule has 31 heavy (non-hydrogen) atoms. The average Bonchev–Trinajstić information content (AvgIpc) is 3.18. The summed E-state index contributed by atoms with van der Waals surface area (Å²) < 4.78 is 10.7. The van der Waals surface area contributed by atoms with E-state index in [1.807, 2.05) is 55.5 Å². The molecule has 1 heterocycles. The number of hydrogen-bond acceptors (Lipinski definition) is 6. The molecule has 0 radical (unpaired) electrons. The van der Waals surface area contributed by atoms with Crippen LogP contribution in [0.25, 0.3) is 10.6 Å². The highest BCUT2D eigenvalue weighted by molar-refractivity contribution is 7.17. The second kappa shape index (κ2) is 10.3. The number of aromatic nitrogens is 1. The Morgan fingerprint density at radius 1 is 1.06 bits per heavy atom. The lowest BCUT2D eigenvalue weighted by molar-refractivity contribution is 0.0953. The molecule has 2 aromatic carbocycles. The highest BCUT2D eigenvalue weighted by Crippen LogP contribution is 2.35. The fraction of sp³-hybridized carbons (Fsp3) is 0.333. The van der Waals surface area contributed by atoms with Gasteiger partial charge in [0.2, 0.25) is 0 Å². The number of para-hydroxylation sites is 1. The van der Waals surface area contributed by atoms with Crippen LogP contribution in [0.5, 0.6) is 11.5 Å². The molecule has 164 valence electrons. The molecular weight excluding hydrogens is 410 g/mol. The van der Waals surface area contributed by atoms with E-state index in [0.29, 0.717) is 34.5 Å². The van der Waals surface area contributed by atoms with Gasteiger partial charge in [-0.05, 0) is 43.2 Å². The molecule has 0 aliphatic heterocycles. The van der Waals surface area contributed by atoms with E-state index in [2.05, 4.69) is 29.5 Å². The Kier molecular flexibility index (Phi) is 7.52. The number of anilines is 1. The van der Waals surface area contributed by atoms with Gasteiger partial charge in [0.1, 0.15) is 9.88 Å². The molecule has 0 spiro atoms. The van der Waals surface area contributed by atoms with Crippen LogP contribution in [0, 0.1) is 12.8 Å². The third kappa shape index (κ3) is 5.55. The van der Waals surface area contributed by atoms with Gasteiger partial charge in [-0.3, -0.25) is 4.79 Å². The minimum absolute atomic E-state index is 0.109. The summed E-state index contributed by atoms with van der Waals surface area (Å²) in [6, 6.07) is 15.8. The van der Waals surface area contributed by atoms with Crippen molar-refractivity contribution in [2.75, 3.05) is 26.1 Å². The molecule has 0 bridgehead atoms. The van der Waals surface area contributed by atoms with Crippen LogP contribution < -0.4 is 20.1 Å². The van der Waals surface area contributed by atoms with E-state index in [1.165, 1.54) is 11.3 Å². The fourth-order valence-corrected chi connectivity index (χ4v) is 4.16. The standard InChI is InChI=1S/C24H29N3O3S/c1-15(2)19(27-18-9-7-6-8-10-18)14-25-23(28)22-16(3)26-24(31-22)17-11-12-20(29-4)21(13-17)30-5/h6-13,15,19,27H,14H2,1-5H3,(H,25,28). The highest BCUT2D eigenvalue weighted by atomic mass is 32.1. The number of amides is 1. The van der Waals surface area contributed by atoms with Gasteiger partial charge in [0, 0.05) is 23.8 Å². The molecule has 1 unspecified atom stereocenters. The Hall–Kier alpha value is -3.06. The lowest BCUT2D eigenvalue weighted by Gasteiger charge is -2.24. The van der Waals surface area contributed by atoms with Crippen molar-refractivity contribution < 1.29 is 14.3 Å². The SMILES string of the molecule is COc1ccc(-c2nc(C)c(C(=O)NCC(Nc3ccccc3)C(C)C)s2)cc1OC. The summed E-state index contributed by atoms with van der Waals surface area (Å²) in [6.45, 7) is 6.66. The van der Waals surface area contributed by atoms with Crippen molar-refractivity contribution in [1.29, 1.82) is 0 Å². The number of hydrogen-bond donors (Lipinski definition) is 2. The van der Waals surface area contributed by atoms with Crippen LogP contribution in [-0.4, -0.2) is 37.7 Å². The van der Waals surface area contributed by atoms with Crippen LogP contribution in [-0.2, 0) is 0 Å². The molecule has 0 aliphatic carbocycles. The summed E-state index contributed by atoms with van der Waals surface area (Å²) in [5.41, 5.74) is 2.64. The summed E-state index contributed by atoms with van der Waals surface area (Å²) in [5.74, 6) is 1.53. The van der Waals surface area contributed by atoms with Crippen LogP contribution in [0.4, 0.5) is 5.69 Å². The Morgan fingerprint density at radius 2 is 1.77 bits per heavy atom. The molecular formula is C24H29N3O3S. The molecule has 1 aromatic heterocycles. The third-order valence-electron chi connectivity index (χ3n) is 5.05. The number of thiazole rings is 1. The molecule has 1 atom stereocenters. The average molecular weight is 440 g/mol. The minimum Gasteiger partial charge on any atom is -0.493 e. The van der Waals surface area contributed by atoms with Crippen LogP contribution in [0.15, 0.2) is 48.5 Å². The smallest absolute Gasteiger partial charge is 0.263 e. The van der Waals surface area contributed by atoms with Crippen molar-refractivity contribution in [3.8, 4) is 22.1 Å². The van der Waals surface area contributed by atoms with Gasteiger partial charge in [-0.25, -0.2) is 4.98 Å². The number of carbonyl (C=O) groups excluding carboxylic acids is 1. The van der Waals surface area contributed by atoms with E-state index in [1.54, 1.807) is 14.2 Å². The van der Waals surface area contributed by atoms with Crippen LogP contribution >= 0.6 is 11.3 Å². The lowest BCUT2D eigenvalue weighted by Crippen LogP contribution is -2.39. The summed E-state index contributed by atoms with van der Waals surface area (Å²) in [4.78, 5) is 18.1. The van der Waals surface area contributed by atoms with Crippen LogP contribution in [0.1, 0.15) is 29.2 Å². The van der Waals surface area contributed by atoms with Gasteiger partial charge in [0.15, 0.2) is 11.5 Å². The van der Waals surface area contributed by atoms with Crippen molar-refractivity contribution >= 4 is 22.9 Å². The molecule has 0 saturated carbocycles. The van der Waals surface area contributed by atoms with Gasteiger partial charge < -0.3 is 20.1 Å². The van der Waals surface area contributed by atoms with E-state index >= 15 is 0 Å².